The second-order valence-electron chi connectivity index (χ2n) is 4.69. The first kappa shape index (κ1) is 13.6. The molecule has 0 radical (unpaired) electrons. The maximum atomic E-state index is 12.1. The number of amides is 1. The van der Waals surface area contributed by atoms with Gasteiger partial charge in [-0.3, -0.25) is 9.48 Å². The van der Waals surface area contributed by atoms with E-state index in [2.05, 4.69) is 20.5 Å². The van der Waals surface area contributed by atoms with Gasteiger partial charge in [-0.2, -0.15) is 14.7 Å². The van der Waals surface area contributed by atoms with Crippen molar-refractivity contribution in [3.8, 4) is 0 Å². The number of carbonyl (C=O) groups excluding carboxylic acids is 1. The Hall–Kier alpha value is -2.41. The Morgan fingerprint density at radius 2 is 2.19 bits per heavy atom. The van der Waals surface area contributed by atoms with E-state index in [0.29, 0.717) is 22.3 Å². The first-order valence-corrected chi connectivity index (χ1v) is 6.70. The fraction of sp³-hybridized carbons (Fsp3) is 0.231. The number of hydrogen-bond donors (Lipinski definition) is 1. The minimum Gasteiger partial charge on any atom is -0.310 e. The summed E-state index contributed by atoms with van der Waals surface area (Å²) in [5.74, 6) is 0.380. The maximum absolute atomic E-state index is 12.1. The lowest BCUT2D eigenvalue weighted by Gasteiger charge is -2.05. The van der Waals surface area contributed by atoms with Crippen molar-refractivity contribution in [1.29, 1.82) is 0 Å². The summed E-state index contributed by atoms with van der Waals surface area (Å²) in [7, 11) is 1.72. The molecule has 0 saturated carbocycles. The van der Waals surface area contributed by atoms with Crippen LogP contribution in [0.4, 0.5) is 5.82 Å². The number of anilines is 1. The molecule has 108 valence electrons. The van der Waals surface area contributed by atoms with Gasteiger partial charge >= 0.3 is 0 Å². The number of nitrogens with zero attached hydrogens (tertiary/aromatic N) is 5. The van der Waals surface area contributed by atoms with Gasteiger partial charge in [-0.25, -0.2) is 4.98 Å². The molecule has 0 fully saturated rings. The third kappa shape index (κ3) is 2.73. The van der Waals surface area contributed by atoms with Crippen LogP contribution in [-0.4, -0.2) is 30.3 Å². The summed E-state index contributed by atoms with van der Waals surface area (Å²) in [6.45, 7) is 1.87. The van der Waals surface area contributed by atoms with E-state index in [9.17, 15) is 4.79 Å². The van der Waals surface area contributed by atoms with Gasteiger partial charge < -0.3 is 5.32 Å². The molecule has 0 aliphatic carbocycles. The Balaban J connectivity index is 1.80. The summed E-state index contributed by atoms with van der Waals surface area (Å²) in [6.07, 6.45) is 1.77. The first-order valence-electron chi connectivity index (χ1n) is 6.32. The quantitative estimate of drug-likeness (QED) is 0.797. The number of aromatic nitrogens is 5. The van der Waals surface area contributed by atoms with E-state index < -0.39 is 0 Å². The van der Waals surface area contributed by atoms with Crippen LogP contribution in [-0.2, 0) is 18.3 Å². The van der Waals surface area contributed by atoms with Crippen molar-refractivity contribution in [2.75, 3.05) is 5.32 Å². The lowest BCUT2D eigenvalue weighted by molar-refractivity contribution is -0.115. The highest BCUT2D eigenvalue weighted by Crippen LogP contribution is 2.13. The van der Waals surface area contributed by atoms with E-state index in [1.165, 1.54) is 4.68 Å². The van der Waals surface area contributed by atoms with Gasteiger partial charge in [0.15, 0.2) is 5.65 Å². The van der Waals surface area contributed by atoms with E-state index in [-0.39, 0.29) is 12.3 Å². The molecule has 0 unspecified atom stereocenters. The summed E-state index contributed by atoms with van der Waals surface area (Å²) in [5, 5.41) is 11.7. The molecule has 3 aromatic heterocycles. The normalized spacial score (nSPS) is 11.0. The van der Waals surface area contributed by atoms with Crippen LogP contribution >= 0.6 is 11.6 Å². The fourth-order valence-corrected chi connectivity index (χ4v) is 2.21. The molecule has 0 saturated heterocycles. The molecule has 0 aliphatic heterocycles. The van der Waals surface area contributed by atoms with Crippen LogP contribution in [0, 0.1) is 6.92 Å². The number of nitrogens with one attached hydrogen (secondary N) is 1. The molecular formula is C13H13ClN6O. The molecule has 3 aromatic rings. The summed E-state index contributed by atoms with van der Waals surface area (Å²) in [4.78, 5) is 16.3. The van der Waals surface area contributed by atoms with Crippen LogP contribution in [0.15, 0.2) is 24.4 Å². The average Bonchev–Trinajstić information content (AvgIpc) is 2.93. The standard InChI is InChI=1S/C13H13ClN6O/c1-8-5-12-15-4-3-11(20(12)17-8)16-13(21)7-9-6-10(14)19(2)18-9/h3-6H,7H2,1-2H3,(H,16,21). The minimum atomic E-state index is -0.189. The lowest BCUT2D eigenvalue weighted by atomic mass is 10.3. The molecule has 7 nitrogen and oxygen atoms in total. The van der Waals surface area contributed by atoms with Crippen LogP contribution in [0.2, 0.25) is 5.15 Å². The molecule has 3 rings (SSSR count). The van der Waals surface area contributed by atoms with Gasteiger partial charge in [0.2, 0.25) is 5.91 Å². The summed E-state index contributed by atoms with van der Waals surface area (Å²) < 4.78 is 3.12. The van der Waals surface area contributed by atoms with Gasteiger partial charge in [-0.1, -0.05) is 11.6 Å². The Bertz CT molecular complexity index is 802. The van der Waals surface area contributed by atoms with E-state index in [0.717, 1.165) is 5.69 Å². The zero-order chi connectivity index (χ0) is 15.0. The van der Waals surface area contributed by atoms with Crippen LogP contribution in [0.1, 0.15) is 11.4 Å². The number of hydrogen-bond acceptors (Lipinski definition) is 4. The Kier molecular flexibility index (Phi) is 3.34. The van der Waals surface area contributed by atoms with E-state index in [4.69, 9.17) is 11.6 Å². The molecule has 0 atom stereocenters. The van der Waals surface area contributed by atoms with Crippen molar-refractivity contribution in [1.82, 2.24) is 24.4 Å². The number of fused-ring (bicyclic) bond motifs is 1. The smallest absolute Gasteiger partial charge is 0.231 e. The number of aryl methyl sites for hydroxylation is 2. The highest BCUT2D eigenvalue weighted by Gasteiger charge is 2.11. The topological polar surface area (TPSA) is 77.1 Å². The molecule has 0 spiro atoms. The zero-order valence-electron chi connectivity index (χ0n) is 11.5. The molecule has 8 heteroatoms. The average molecular weight is 305 g/mol. The maximum Gasteiger partial charge on any atom is 0.231 e. The number of carbonyl (C=O) groups is 1. The van der Waals surface area contributed by atoms with Crippen LogP contribution in [0.5, 0.6) is 0 Å². The molecule has 0 aromatic carbocycles. The fourth-order valence-electron chi connectivity index (χ4n) is 2.04. The first-order chi connectivity index (χ1) is 10.0. The summed E-state index contributed by atoms with van der Waals surface area (Å²) >= 11 is 5.90. The van der Waals surface area contributed by atoms with Crippen molar-refractivity contribution in [3.63, 3.8) is 0 Å². The molecule has 1 N–H and O–H groups in total. The van der Waals surface area contributed by atoms with Crippen molar-refractivity contribution in [2.45, 2.75) is 13.3 Å². The van der Waals surface area contributed by atoms with E-state index >= 15 is 0 Å². The van der Waals surface area contributed by atoms with Gasteiger partial charge in [0, 0.05) is 19.3 Å². The third-order valence-electron chi connectivity index (χ3n) is 2.96. The SMILES string of the molecule is Cc1cc2nccc(NC(=O)Cc3cc(Cl)n(C)n3)n2n1. The van der Waals surface area contributed by atoms with E-state index in [1.807, 2.05) is 13.0 Å². The molecule has 21 heavy (non-hydrogen) atoms. The van der Waals surface area contributed by atoms with Crippen molar-refractivity contribution < 1.29 is 4.79 Å². The van der Waals surface area contributed by atoms with Crippen LogP contribution in [0.3, 0.4) is 0 Å². The Morgan fingerprint density at radius 1 is 1.38 bits per heavy atom. The highest BCUT2D eigenvalue weighted by atomic mass is 35.5. The minimum absolute atomic E-state index is 0.143. The predicted molar refractivity (Wildman–Crippen MR) is 78.3 cm³/mol. The number of halogens is 1. The lowest BCUT2D eigenvalue weighted by Crippen LogP contribution is -2.17. The number of rotatable bonds is 3. The van der Waals surface area contributed by atoms with Gasteiger partial charge in [0.25, 0.3) is 0 Å². The monoisotopic (exact) mass is 304 g/mol. The van der Waals surface area contributed by atoms with Crippen LogP contribution < -0.4 is 5.32 Å². The Morgan fingerprint density at radius 3 is 2.90 bits per heavy atom. The molecule has 0 aliphatic rings. The largest absolute Gasteiger partial charge is 0.310 e. The van der Waals surface area contributed by atoms with E-state index in [1.54, 1.807) is 29.9 Å². The highest BCUT2D eigenvalue weighted by molar-refractivity contribution is 6.29. The molecule has 3 heterocycles. The van der Waals surface area contributed by atoms with Gasteiger partial charge in [-0.05, 0) is 19.1 Å². The Labute approximate surface area is 125 Å². The van der Waals surface area contributed by atoms with Crippen molar-refractivity contribution in [2.24, 2.45) is 7.05 Å². The van der Waals surface area contributed by atoms with Gasteiger partial charge in [0.1, 0.15) is 11.0 Å². The third-order valence-corrected chi connectivity index (χ3v) is 3.32. The second-order valence-corrected chi connectivity index (χ2v) is 5.08. The summed E-state index contributed by atoms with van der Waals surface area (Å²) in [5.41, 5.74) is 2.13. The zero-order valence-corrected chi connectivity index (χ0v) is 12.3. The predicted octanol–water partition coefficient (Wildman–Crippen LogP) is 1.61. The second kappa shape index (κ2) is 5.17. The van der Waals surface area contributed by atoms with Crippen molar-refractivity contribution in [3.05, 3.63) is 40.9 Å². The van der Waals surface area contributed by atoms with Gasteiger partial charge in [0.05, 0.1) is 17.8 Å². The van der Waals surface area contributed by atoms with Crippen molar-refractivity contribution >= 4 is 29.0 Å². The van der Waals surface area contributed by atoms with Crippen LogP contribution in [0.25, 0.3) is 5.65 Å². The van der Waals surface area contributed by atoms with Gasteiger partial charge in [-0.15, -0.1) is 0 Å². The molecular weight excluding hydrogens is 292 g/mol. The summed E-state index contributed by atoms with van der Waals surface area (Å²) in [6, 6.07) is 5.21. The molecule has 0 bridgehead atoms. The molecule has 1 amide bonds.